The van der Waals surface area contributed by atoms with E-state index in [1.807, 2.05) is 30.3 Å². The largest absolute Gasteiger partial charge is 0.544 e. The Bertz CT molecular complexity index is 418. The van der Waals surface area contributed by atoms with Gasteiger partial charge in [-0.05, 0) is 26.6 Å². The molecular weight excluding hydrogens is 244 g/mol. The lowest BCUT2D eigenvalue weighted by Crippen LogP contribution is -2.24. The SMILES string of the molecule is CCOC(=O)/C=C(/O[Si](C)(C)C)c1ccccc1. The third-order valence-corrected chi connectivity index (χ3v) is 2.84. The van der Waals surface area contributed by atoms with Crippen LogP contribution in [0.4, 0.5) is 0 Å². The third kappa shape index (κ3) is 5.18. The molecule has 3 nitrogen and oxygen atoms in total. The number of rotatable bonds is 5. The molecule has 0 unspecified atom stereocenters. The number of ether oxygens (including phenoxy) is 1. The van der Waals surface area contributed by atoms with Gasteiger partial charge in [0.05, 0.1) is 12.7 Å². The lowest BCUT2D eigenvalue weighted by molar-refractivity contribution is -0.137. The van der Waals surface area contributed by atoms with Crippen LogP contribution in [-0.4, -0.2) is 20.9 Å². The summed E-state index contributed by atoms with van der Waals surface area (Å²) < 4.78 is 10.9. The normalized spacial score (nSPS) is 12.1. The number of carbonyl (C=O) groups is 1. The number of hydrogen-bond donors (Lipinski definition) is 0. The molecule has 0 aromatic heterocycles. The van der Waals surface area contributed by atoms with Gasteiger partial charge >= 0.3 is 5.97 Å². The van der Waals surface area contributed by atoms with Crippen molar-refractivity contribution in [3.05, 3.63) is 42.0 Å². The summed E-state index contributed by atoms with van der Waals surface area (Å²) >= 11 is 0. The second-order valence-corrected chi connectivity index (χ2v) is 9.27. The van der Waals surface area contributed by atoms with Crippen molar-refractivity contribution < 1.29 is 14.0 Å². The maximum Gasteiger partial charge on any atom is 0.334 e. The average molecular weight is 264 g/mol. The molecule has 0 heterocycles. The zero-order valence-electron chi connectivity index (χ0n) is 11.4. The highest BCUT2D eigenvalue weighted by Gasteiger charge is 2.19. The Hall–Kier alpha value is -1.55. The van der Waals surface area contributed by atoms with Gasteiger partial charge in [0.25, 0.3) is 0 Å². The Morgan fingerprint density at radius 1 is 1.22 bits per heavy atom. The van der Waals surface area contributed by atoms with Crippen LogP contribution >= 0.6 is 0 Å². The smallest absolute Gasteiger partial charge is 0.334 e. The van der Waals surface area contributed by atoms with Crippen molar-refractivity contribution >= 4 is 20.0 Å². The molecule has 1 rings (SSSR count). The zero-order valence-corrected chi connectivity index (χ0v) is 12.4. The molecule has 0 aliphatic carbocycles. The fourth-order valence-electron chi connectivity index (χ4n) is 1.39. The predicted molar refractivity (Wildman–Crippen MR) is 75.5 cm³/mol. The Morgan fingerprint density at radius 2 is 1.83 bits per heavy atom. The van der Waals surface area contributed by atoms with Crippen LogP contribution in [0.1, 0.15) is 12.5 Å². The van der Waals surface area contributed by atoms with E-state index < -0.39 is 8.32 Å². The van der Waals surface area contributed by atoms with E-state index in [0.717, 1.165) is 5.56 Å². The van der Waals surface area contributed by atoms with Crippen LogP contribution in [0.3, 0.4) is 0 Å². The van der Waals surface area contributed by atoms with Crippen LogP contribution in [0.5, 0.6) is 0 Å². The topological polar surface area (TPSA) is 35.5 Å². The van der Waals surface area contributed by atoms with Crippen molar-refractivity contribution in [3.8, 4) is 0 Å². The Labute approximate surface area is 110 Å². The molecule has 0 fully saturated rings. The van der Waals surface area contributed by atoms with Crippen LogP contribution in [0.2, 0.25) is 19.6 Å². The quantitative estimate of drug-likeness (QED) is 0.354. The van der Waals surface area contributed by atoms with Gasteiger partial charge < -0.3 is 9.16 Å². The maximum atomic E-state index is 11.5. The van der Waals surface area contributed by atoms with Crippen molar-refractivity contribution in [2.24, 2.45) is 0 Å². The average Bonchev–Trinajstić information content (AvgIpc) is 2.28. The first-order valence-corrected chi connectivity index (χ1v) is 9.46. The lowest BCUT2D eigenvalue weighted by atomic mass is 10.2. The molecule has 18 heavy (non-hydrogen) atoms. The van der Waals surface area contributed by atoms with Gasteiger partial charge in [0, 0.05) is 5.56 Å². The van der Waals surface area contributed by atoms with Gasteiger partial charge in [-0.2, -0.15) is 0 Å². The van der Waals surface area contributed by atoms with Crippen LogP contribution in [0.15, 0.2) is 36.4 Å². The van der Waals surface area contributed by atoms with Crippen LogP contribution in [0, 0.1) is 0 Å². The number of benzene rings is 1. The first kappa shape index (κ1) is 14.5. The monoisotopic (exact) mass is 264 g/mol. The molecule has 0 saturated carbocycles. The van der Waals surface area contributed by atoms with E-state index >= 15 is 0 Å². The number of esters is 1. The van der Waals surface area contributed by atoms with Crippen molar-refractivity contribution in [3.63, 3.8) is 0 Å². The van der Waals surface area contributed by atoms with E-state index in [2.05, 4.69) is 19.6 Å². The molecule has 4 heteroatoms. The zero-order chi connectivity index (χ0) is 13.6. The predicted octanol–water partition coefficient (Wildman–Crippen LogP) is 3.44. The van der Waals surface area contributed by atoms with Gasteiger partial charge in [0.2, 0.25) is 8.32 Å². The second-order valence-electron chi connectivity index (χ2n) is 4.84. The Kier molecular flexibility index (Phi) is 5.16. The standard InChI is InChI=1S/C14H20O3Si/c1-5-16-14(15)11-13(17-18(2,3)4)12-9-7-6-8-10-12/h6-11H,5H2,1-4H3/b13-11+. The summed E-state index contributed by atoms with van der Waals surface area (Å²) in [6, 6.07) is 9.61. The van der Waals surface area contributed by atoms with E-state index in [4.69, 9.17) is 9.16 Å². The fraction of sp³-hybridized carbons (Fsp3) is 0.357. The molecular formula is C14H20O3Si. The van der Waals surface area contributed by atoms with Gasteiger partial charge in [-0.1, -0.05) is 30.3 Å². The summed E-state index contributed by atoms with van der Waals surface area (Å²) in [4.78, 5) is 11.5. The molecule has 0 spiro atoms. The van der Waals surface area contributed by atoms with Gasteiger partial charge in [0.1, 0.15) is 5.76 Å². The summed E-state index contributed by atoms with van der Waals surface area (Å²) in [7, 11) is -1.77. The van der Waals surface area contributed by atoms with Crippen molar-refractivity contribution in [1.82, 2.24) is 0 Å². The summed E-state index contributed by atoms with van der Waals surface area (Å²) in [5.74, 6) is 0.225. The summed E-state index contributed by atoms with van der Waals surface area (Å²) in [6.45, 7) is 8.39. The highest BCUT2D eigenvalue weighted by Crippen LogP contribution is 2.21. The molecule has 98 valence electrons. The van der Waals surface area contributed by atoms with Crippen molar-refractivity contribution in [2.75, 3.05) is 6.61 Å². The van der Waals surface area contributed by atoms with Gasteiger partial charge in [-0.15, -0.1) is 0 Å². The number of carbonyl (C=O) groups excluding carboxylic acids is 1. The number of hydrogen-bond acceptors (Lipinski definition) is 3. The lowest BCUT2D eigenvalue weighted by Gasteiger charge is -2.21. The molecule has 1 aromatic rings. The molecule has 0 saturated heterocycles. The maximum absolute atomic E-state index is 11.5. The molecule has 0 radical (unpaired) electrons. The Balaban J connectivity index is 2.99. The van der Waals surface area contributed by atoms with Crippen LogP contribution in [-0.2, 0) is 14.0 Å². The summed E-state index contributed by atoms with van der Waals surface area (Å²) in [5, 5.41) is 0. The van der Waals surface area contributed by atoms with E-state index in [9.17, 15) is 4.79 Å². The minimum Gasteiger partial charge on any atom is -0.544 e. The van der Waals surface area contributed by atoms with Crippen molar-refractivity contribution in [1.29, 1.82) is 0 Å². The second kappa shape index (κ2) is 6.40. The molecule has 0 aliphatic rings. The third-order valence-electron chi connectivity index (χ3n) is 2.01. The Morgan fingerprint density at radius 3 is 2.33 bits per heavy atom. The molecule has 1 aromatic carbocycles. The highest BCUT2D eigenvalue weighted by molar-refractivity contribution is 6.70. The minimum absolute atomic E-state index is 0.365. The van der Waals surface area contributed by atoms with E-state index in [-0.39, 0.29) is 5.97 Å². The van der Waals surface area contributed by atoms with Gasteiger partial charge in [-0.3, -0.25) is 0 Å². The first-order chi connectivity index (χ1) is 8.42. The summed E-state index contributed by atoms with van der Waals surface area (Å²) in [6.07, 6.45) is 1.43. The summed E-state index contributed by atoms with van der Waals surface area (Å²) in [5.41, 5.74) is 0.896. The molecule has 0 amide bonds. The van der Waals surface area contributed by atoms with E-state index in [0.29, 0.717) is 12.4 Å². The molecule has 0 atom stereocenters. The van der Waals surface area contributed by atoms with Gasteiger partial charge in [0.15, 0.2) is 0 Å². The van der Waals surface area contributed by atoms with Crippen LogP contribution in [0.25, 0.3) is 5.76 Å². The molecule has 0 bridgehead atoms. The fourth-order valence-corrected chi connectivity index (χ4v) is 2.23. The minimum atomic E-state index is -1.77. The van der Waals surface area contributed by atoms with E-state index in [1.165, 1.54) is 6.08 Å². The molecule has 0 N–H and O–H groups in total. The van der Waals surface area contributed by atoms with E-state index in [1.54, 1.807) is 6.92 Å². The first-order valence-electron chi connectivity index (χ1n) is 6.05. The van der Waals surface area contributed by atoms with Crippen molar-refractivity contribution in [2.45, 2.75) is 26.6 Å². The highest BCUT2D eigenvalue weighted by atomic mass is 28.4. The van der Waals surface area contributed by atoms with Gasteiger partial charge in [-0.25, -0.2) is 4.79 Å². The molecule has 0 aliphatic heterocycles. The van der Waals surface area contributed by atoms with Crippen LogP contribution < -0.4 is 0 Å².